The Hall–Kier alpha value is -1.18. The van der Waals surface area contributed by atoms with E-state index in [0.717, 1.165) is 24.3 Å². The zero-order valence-electron chi connectivity index (χ0n) is 8.29. The van der Waals surface area contributed by atoms with Gasteiger partial charge in [0.1, 0.15) is 5.75 Å². The van der Waals surface area contributed by atoms with Crippen molar-refractivity contribution < 1.29 is 4.74 Å². The molecule has 2 heteroatoms. The van der Waals surface area contributed by atoms with Crippen molar-refractivity contribution in [2.45, 2.75) is 32.8 Å². The van der Waals surface area contributed by atoms with Crippen LogP contribution in [0.25, 0.3) is 0 Å². The molecule has 0 fully saturated rings. The minimum Gasteiger partial charge on any atom is -0.490 e. The average Bonchev–Trinajstić information content (AvgIpc) is 2.14. The Morgan fingerprint density at radius 3 is 2.54 bits per heavy atom. The number of nitrogens with two attached hydrogens (primary N) is 1. The molecular formula is C11H17NO. The maximum absolute atomic E-state index is 5.71. The molecule has 0 aliphatic rings. The molecule has 0 amide bonds. The first kappa shape index (κ1) is 9.90. The minimum absolute atomic E-state index is 0.307. The van der Waals surface area contributed by atoms with Gasteiger partial charge in [0.2, 0.25) is 0 Å². The molecule has 1 aromatic rings. The van der Waals surface area contributed by atoms with Crippen LogP contribution in [0, 0.1) is 0 Å². The van der Waals surface area contributed by atoms with Gasteiger partial charge in [0.15, 0.2) is 0 Å². The molecule has 13 heavy (non-hydrogen) atoms. The molecule has 2 nitrogen and oxygen atoms in total. The van der Waals surface area contributed by atoms with Crippen molar-refractivity contribution in [1.82, 2.24) is 0 Å². The van der Waals surface area contributed by atoms with Crippen LogP contribution in [-0.2, 0) is 0 Å². The first-order chi connectivity index (χ1) is 6.26. The fourth-order valence-electron chi connectivity index (χ4n) is 1.24. The van der Waals surface area contributed by atoms with E-state index in [2.05, 4.69) is 13.8 Å². The topological polar surface area (TPSA) is 35.2 Å². The van der Waals surface area contributed by atoms with E-state index < -0.39 is 0 Å². The highest BCUT2D eigenvalue weighted by Gasteiger charge is 2.04. The van der Waals surface area contributed by atoms with E-state index in [-0.39, 0.29) is 0 Å². The van der Waals surface area contributed by atoms with Crippen molar-refractivity contribution in [1.29, 1.82) is 0 Å². The van der Waals surface area contributed by atoms with Crippen LogP contribution in [0.2, 0.25) is 0 Å². The van der Waals surface area contributed by atoms with Crippen LogP contribution >= 0.6 is 0 Å². The maximum atomic E-state index is 5.71. The van der Waals surface area contributed by atoms with Crippen molar-refractivity contribution >= 4 is 5.69 Å². The summed E-state index contributed by atoms with van der Waals surface area (Å²) in [5, 5.41) is 0. The first-order valence-electron chi connectivity index (χ1n) is 4.78. The molecule has 2 N–H and O–H groups in total. The minimum atomic E-state index is 0.307. The number of hydrogen-bond donors (Lipinski definition) is 1. The SMILES string of the molecule is CCC(CC)Oc1cccc(N)c1. The van der Waals surface area contributed by atoms with Crippen LogP contribution in [0.1, 0.15) is 26.7 Å². The van der Waals surface area contributed by atoms with Crippen LogP contribution in [0.5, 0.6) is 5.75 Å². The lowest BCUT2D eigenvalue weighted by molar-refractivity contribution is 0.193. The molecule has 1 rings (SSSR count). The number of nitrogen functional groups attached to an aromatic ring is 1. The summed E-state index contributed by atoms with van der Waals surface area (Å²) in [6.45, 7) is 4.25. The zero-order chi connectivity index (χ0) is 9.68. The summed E-state index contributed by atoms with van der Waals surface area (Å²) in [5.74, 6) is 0.869. The molecular weight excluding hydrogens is 162 g/mol. The summed E-state index contributed by atoms with van der Waals surface area (Å²) in [7, 11) is 0. The Kier molecular flexibility index (Phi) is 3.62. The Morgan fingerprint density at radius 1 is 1.31 bits per heavy atom. The van der Waals surface area contributed by atoms with Gasteiger partial charge in [-0.1, -0.05) is 19.9 Å². The average molecular weight is 179 g/mol. The number of ether oxygens (including phenoxy) is 1. The molecule has 72 valence electrons. The first-order valence-corrected chi connectivity index (χ1v) is 4.78. The Labute approximate surface area is 79.7 Å². The summed E-state index contributed by atoms with van der Waals surface area (Å²) in [6.07, 6.45) is 2.37. The van der Waals surface area contributed by atoms with Crippen molar-refractivity contribution in [3.8, 4) is 5.75 Å². The summed E-state index contributed by atoms with van der Waals surface area (Å²) >= 11 is 0. The van der Waals surface area contributed by atoms with E-state index in [1.807, 2.05) is 24.3 Å². The molecule has 0 unspecified atom stereocenters. The second kappa shape index (κ2) is 4.75. The third kappa shape index (κ3) is 2.98. The Balaban J connectivity index is 2.62. The van der Waals surface area contributed by atoms with Crippen LogP contribution in [0.3, 0.4) is 0 Å². The van der Waals surface area contributed by atoms with Crippen LogP contribution < -0.4 is 10.5 Å². The number of rotatable bonds is 4. The highest BCUT2D eigenvalue weighted by molar-refractivity contribution is 5.43. The largest absolute Gasteiger partial charge is 0.490 e. The van der Waals surface area contributed by atoms with Gasteiger partial charge >= 0.3 is 0 Å². The lowest BCUT2D eigenvalue weighted by Gasteiger charge is -2.15. The van der Waals surface area contributed by atoms with Crippen molar-refractivity contribution in [3.05, 3.63) is 24.3 Å². The standard InChI is InChI=1S/C11H17NO/c1-3-10(4-2)13-11-7-5-6-9(12)8-11/h5-8,10H,3-4,12H2,1-2H3. The van der Waals surface area contributed by atoms with Gasteiger partial charge in [0, 0.05) is 11.8 Å². The normalized spacial score (nSPS) is 10.4. The zero-order valence-corrected chi connectivity index (χ0v) is 8.29. The molecule has 0 aliphatic carbocycles. The molecule has 0 radical (unpaired) electrons. The van der Waals surface area contributed by atoms with E-state index in [1.165, 1.54) is 0 Å². The highest BCUT2D eigenvalue weighted by Crippen LogP contribution is 2.17. The Morgan fingerprint density at radius 2 is 2.00 bits per heavy atom. The van der Waals surface area contributed by atoms with Crippen molar-refractivity contribution in [2.24, 2.45) is 0 Å². The second-order valence-corrected chi connectivity index (χ2v) is 3.13. The fourth-order valence-corrected chi connectivity index (χ4v) is 1.24. The van der Waals surface area contributed by atoms with Crippen LogP contribution in [0.4, 0.5) is 5.69 Å². The van der Waals surface area contributed by atoms with Crippen LogP contribution in [-0.4, -0.2) is 6.10 Å². The van der Waals surface area contributed by atoms with E-state index in [4.69, 9.17) is 10.5 Å². The maximum Gasteiger partial charge on any atom is 0.121 e. The van der Waals surface area contributed by atoms with Gasteiger partial charge in [-0.15, -0.1) is 0 Å². The van der Waals surface area contributed by atoms with Gasteiger partial charge in [-0.2, -0.15) is 0 Å². The summed E-state index contributed by atoms with van der Waals surface area (Å²) < 4.78 is 5.71. The molecule has 0 bridgehead atoms. The Bertz CT molecular complexity index is 256. The van der Waals surface area contributed by atoms with Gasteiger partial charge in [-0.25, -0.2) is 0 Å². The molecule has 0 aromatic heterocycles. The third-order valence-electron chi connectivity index (χ3n) is 2.07. The van der Waals surface area contributed by atoms with Gasteiger partial charge in [-0.3, -0.25) is 0 Å². The predicted molar refractivity (Wildman–Crippen MR) is 55.9 cm³/mol. The van der Waals surface area contributed by atoms with Crippen LogP contribution in [0.15, 0.2) is 24.3 Å². The molecule has 0 saturated heterocycles. The monoisotopic (exact) mass is 179 g/mol. The summed E-state index contributed by atoms with van der Waals surface area (Å²) in [4.78, 5) is 0. The van der Waals surface area contributed by atoms with Gasteiger partial charge in [0.05, 0.1) is 6.10 Å². The van der Waals surface area contributed by atoms with Crippen molar-refractivity contribution in [3.63, 3.8) is 0 Å². The number of hydrogen-bond acceptors (Lipinski definition) is 2. The van der Waals surface area contributed by atoms with E-state index in [9.17, 15) is 0 Å². The van der Waals surface area contributed by atoms with E-state index in [1.54, 1.807) is 0 Å². The third-order valence-corrected chi connectivity index (χ3v) is 2.07. The number of benzene rings is 1. The van der Waals surface area contributed by atoms with E-state index >= 15 is 0 Å². The lowest BCUT2D eigenvalue weighted by atomic mass is 10.2. The quantitative estimate of drug-likeness (QED) is 0.721. The lowest BCUT2D eigenvalue weighted by Crippen LogP contribution is -2.13. The van der Waals surface area contributed by atoms with Gasteiger partial charge < -0.3 is 10.5 Å². The molecule has 0 spiro atoms. The predicted octanol–water partition coefficient (Wildman–Crippen LogP) is 2.84. The highest BCUT2D eigenvalue weighted by atomic mass is 16.5. The molecule has 0 saturated carbocycles. The fraction of sp³-hybridized carbons (Fsp3) is 0.455. The molecule has 0 atom stereocenters. The number of anilines is 1. The second-order valence-electron chi connectivity index (χ2n) is 3.13. The molecule has 0 heterocycles. The molecule has 1 aromatic carbocycles. The van der Waals surface area contributed by atoms with Crippen molar-refractivity contribution in [2.75, 3.05) is 5.73 Å². The summed E-state index contributed by atoms with van der Waals surface area (Å²) in [6, 6.07) is 7.57. The van der Waals surface area contributed by atoms with E-state index in [0.29, 0.717) is 6.10 Å². The smallest absolute Gasteiger partial charge is 0.121 e. The van der Waals surface area contributed by atoms with Gasteiger partial charge in [0.25, 0.3) is 0 Å². The summed E-state index contributed by atoms with van der Waals surface area (Å²) in [5.41, 5.74) is 6.39. The van der Waals surface area contributed by atoms with Gasteiger partial charge in [-0.05, 0) is 25.0 Å². The molecule has 0 aliphatic heterocycles.